The van der Waals surface area contributed by atoms with Crippen LogP contribution in [0.25, 0.3) is 0 Å². The lowest BCUT2D eigenvalue weighted by molar-refractivity contribution is -0.114. The Bertz CT molecular complexity index is 496. The van der Waals surface area contributed by atoms with E-state index in [4.69, 9.17) is 4.42 Å². The number of ketones is 1. The average molecular weight is 248 g/mol. The number of aromatic nitrogens is 2. The number of rotatable bonds is 5. The molecule has 0 bridgehead atoms. The Labute approximate surface area is 103 Å². The summed E-state index contributed by atoms with van der Waals surface area (Å²) in [5.74, 6) is 1.03. The number of hydrogen-bond donors (Lipinski definition) is 0. The number of benzene rings is 1. The predicted octanol–water partition coefficient (Wildman–Crippen LogP) is 2.34. The van der Waals surface area contributed by atoms with Crippen molar-refractivity contribution >= 4 is 17.5 Å². The first kappa shape index (κ1) is 11.9. The fourth-order valence-electron chi connectivity index (χ4n) is 1.30. The SMILES string of the molecule is CC(=O)CSc1nnc(Cc2ccccc2)o1. The standard InChI is InChI=1S/C12H12N2O2S/c1-9(15)8-17-12-14-13-11(16-12)7-10-5-3-2-4-6-10/h2-6H,7-8H2,1H3. The van der Waals surface area contributed by atoms with Crippen LogP contribution in [0.1, 0.15) is 18.4 Å². The quantitative estimate of drug-likeness (QED) is 0.760. The molecule has 4 nitrogen and oxygen atoms in total. The van der Waals surface area contributed by atoms with E-state index in [1.54, 1.807) is 0 Å². The second kappa shape index (κ2) is 5.63. The summed E-state index contributed by atoms with van der Waals surface area (Å²) in [5.41, 5.74) is 1.12. The molecule has 0 unspecified atom stereocenters. The third-order valence-electron chi connectivity index (χ3n) is 2.05. The van der Waals surface area contributed by atoms with Crippen molar-refractivity contribution in [2.75, 3.05) is 5.75 Å². The maximum atomic E-state index is 10.8. The number of hydrogen-bond acceptors (Lipinski definition) is 5. The van der Waals surface area contributed by atoms with Gasteiger partial charge in [-0.15, -0.1) is 10.2 Å². The summed E-state index contributed by atoms with van der Waals surface area (Å²) in [6.07, 6.45) is 0.620. The molecule has 5 heteroatoms. The van der Waals surface area contributed by atoms with Gasteiger partial charge in [0.15, 0.2) is 0 Å². The van der Waals surface area contributed by atoms with E-state index >= 15 is 0 Å². The van der Waals surface area contributed by atoms with E-state index < -0.39 is 0 Å². The first-order valence-corrected chi connectivity index (χ1v) is 6.21. The highest BCUT2D eigenvalue weighted by atomic mass is 32.2. The van der Waals surface area contributed by atoms with Crippen molar-refractivity contribution in [3.63, 3.8) is 0 Å². The molecule has 0 atom stereocenters. The lowest BCUT2D eigenvalue weighted by Crippen LogP contribution is -1.92. The van der Waals surface area contributed by atoms with Crippen molar-refractivity contribution < 1.29 is 9.21 Å². The lowest BCUT2D eigenvalue weighted by Gasteiger charge is -1.94. The van der Waals surface area contributed by atoms with Gasteiger partial charge in [-0.25, -0.2) is 0 Å². The average Bonchev–Trinajstić information content (AvgIpc) is 2.75. The minimum absolute atomic E-state index is 0.0952. The van der Waals surface area contributed by atoms with Gasteiger partial charge in [-0.2, -0.15) is 0 Å². The minimum Gasteiger partial charge on any atom is -0.416 e. The normalized spacial score (nSPS) is 10.4. The van der Waals surface area contributed by atoms with Gasteiger partial charge in [0.1, 0.15) is 5.78 Å². The van der Waals surface area contributed by atoms with E-state index in [9.17, 15) is 4.79 Å². The molecule has 2 rings (SSSR count). The zero-order chi connectivity index (χ0) is 12.1. The Balaban J connectivity index is 1.97. The lowest BCUT2D eigenvalue weighted by atomic mass is 10.2. The first-order valence-electron chi connectivity index (χ1n) is 5.22. The Morgan fingerprint density at radius 1 is 1.29 bits per heavy atom. The third kappa shape index (κ3) is 3.71. The molecule has 0 saturated heterocycles. The second-order valence-electron chi connectivity index (χ2n) is 3.61. The predicted molar refractivity (Wildman–Crippen MR) is 65.0 cm³/mol. The molecule has 0 spiro atoms. The van der Waals surface area contributed by atoms with Crippen molar-refractivity contribution in [2.24, 2.45) is 0 Å². The molecule has 1 aromatic carbocycles. The van der Waals surface area contributed by atoms with E-state index in [1.165, 1.54) is 18.7 Å². The summed E-state index contributed by atoms with van der Waals surface area (Å²) < 4.78 is 5.43. The van der Waals surface area contributed by atoms with Gasteiger partial charge < -0.3 is 4.42 Å². The van der Waals surface area contributed by atoms with Crippen molar-refractivity contribution in [3.05, 3.63) is 41.8 Å². The highest BCUT2D eigenvalue weighted by molar-refractivity contribution is 7.99. The summed E-state index contributed by atoms with van der Waals surface area (Å²) in [6.45, 7) is 1.54. The molecule has 2 aromatic rings. The van der Waals surface area contributed by atoms with Crippen molar-refractivity contribution in [3.8, 4) is 0 Å². The van der Waals surface area contributed by atoms with Gasteiger partial charge in [-0.1, -0.05) is 42.1 Å². The summed E-state index contributed by atoms with van der Waals surface area (Å²) in [5, 5.41) is 8.27. The number of thioether (sulfide) groups is 1. The van der Waals surface area contributed by atoms with Crippen LogP contribution in [0.3, 0.4) is 0 Å². The number of carbonyl (C=O) groups is 1. The van der Waals surface area contributed by atoms with E-state index in [0.717, 1.165) is 5.56 Å². The Morgan fingerprint density at radius 3 is 2.76 bits per heavy atom. The van der Waals surface area contributed by atoms with Gasteiger partial charge in [-0.05, 0) is 12.5 Å². The Kier molecular flexibility index (Phi) is 3.93. The summed E-state index contributed by atoms with van der Waals surface area (Å²) >= 11 is 1.27. The van der Waals surface area contributed by atoms with Crippen LogP contribution in [0.15, 0.2) is 40.0 Å². The molecule has 0 aliphatic heterocycles. The Hall–Kier alpha value is -1.62. The molecule has 0 fully saturated rings. The topological polar surface area (TPSA) is 56.0 Å². The largest absolute Gasteiger partial charge is 0.416 e. The van der Waals surface area contributed by atoms with Crippen LogP contribution in [-0.4, -0.2) is 21.7 Å². The van der Waals surface area contributed by atoms with Crippen molar-refractivity contribution in [1.29, 1.82) is 0 Å². The molecule has 0 radical (unpaired) electrons. The second-order valence-corrected chi connectivity index (χ2v) is 4.54. The van der Waals surface area contributed by atoms with Gasteiger partial charge >= 0.3 is 0 Å². The van der Waals surface area contributed by atoms with Crippen LogP contribution >= 0.6 is 11.8 Å². The van der Waals surface area contributed by atoms with E-state index in [-0.39, 0.29) is 5.78 Å². The zero-order valence-electron chi connectivity index (χ0n) is 9.42. The highest BCUT2D eigenvalue weighted by Gasteiger charge is 2.08. The van der Waals surface area contributed by atoms with Crippen LogP contribution in [0.5, 0.6) is 0 Å². The molecule has 0 aliphatic carbocycles. The first-order chi connectivity index (χ1) is 8.24. The van der Waals surface area contributed by atoms with Crippen LogP contribution in [0, 0.1) is 0 Å². The van der Waals surface area contributed by atoms with Gasteiger partial charge in [0.25, 0.3) is 5.22 Å². The zero-order valence-corrected chi connectivity index (χ0v) is 10.2. The van der Waals surface area contributed by atoms with Crippen LogP contribution in [-0.2, 0) is 11.2 Å². The number of carbonyl (C=O) groups excluding carboxylic acids is 1. The maximum Gasteiger partial charge on any atom is 0.277 e. The smallest absolute Gasteiger partial charge is 0.277 e. The van der Waals surface area contributed by atoms with Gasteiger partial charge in [0, 0.05) is 0 Å². The number of Topliss-reactive ketones (excluding diaryl/α,β-unsaturated/α-hetero) is 1. The van der Waals surface area contributed by atoms with Crippen LogP contribution in [0.4, 0.5) is 0 Å². The molecule has 0 aliphatic rings. The summed E-state index contributed by atoms with van der Waals surface area (Å²) in [6, 6.07) is 9.92. The van der Waals surface area contributed by atoms with Gasteiger partial charge in [-0.3, -0.25) is 4.79 Å². The molecule has 1 heterocycles. The van der Waals surface area contributed by atoms with Crippen LogP contribution in [0.2, 0.25) is 0 Å². The molecular formula is C12H12N2O2S. The van der Waals surface area contributed by atoms with Crippen LogP contribution < -0.4 is 0 Å². The molecule has 88 valence electrons. The molecule has 0 amide bonds. The molecule has 0 saturated carbocycles. The van der Waals surface area contributed by atoms with Crippen molar-refractivity contribution in [2.45, 2.75) is 18.6 Å². The molecule has 1 aromatic heterocycles. The summed E-state index contributed by atoms with van der Waals surface area (Å²) in [7, 11) is 0. The fraction of sp³-hybridized carbons (Fsp3) is 0.250. The summed E-state index contributed by atoms with van der Waals surface area (Å²) in [4.78, 5) is 10.8. The van der Waals surface area contributed by atoms with Gasteiger partial charge in [0.05, 0.1) is 12.2 Å². The number of nitrogens with zero attached hydrogens (tertiary/aromatic N) is 2. The van der Waals surface area contributed by atoms with E-state index in [2.05, 4.69) is 10.2 Å². The fourth-order valence-corrected chi connectivity index (χ4v) is 1.88. The Morgan fingerprint density at radius 2 is 2.06 bits per heavy atom. The minimum atomic E-state index is 0.0952. The van der Waals surface area contributed by atoms with Crippen molar-refractivity contribution in [1.82, 2.24) is 10.2 Å². The highest BCUT2D eigenvalue weighted by Crippen LogP contribution is 2.17. The maximum absolute atomic E-state index is 10.8. The monoisotopic (exact) mass is 248 g/mol. The molecular weight excluding hydrogens is 236 g/mol. The molecule has 0 N–H and O–H groups in total. The van der Waals surface area contributed by atoms with E-state index in [1.807, 2.05) is 30.3 Å². The van der Waals surface area contributed by atoms with E-state index in [0.29, 0.717) is 23.3 Å². The van der Waals surface area contributed by atoms with Gasteiger partial charge in [0.2, 0.25) is 5.89 Å². The molecule has 17 heavy (non-hydrogen) atoms. The third-order valence-corrected chi connectivity index (χ3v) is 3.01.